The highest BCUT2D eigenvalue weighted by Gasteiger charge is 2.16. The van der Waals surface area contributed by atoms with Gasteiger partial charge in [0.15, 0.2) is 5.78 Å². The van der Waals surface area contributed by atoms with Crippen molar-refractivity contribution in [3.05, 3.63) is 30.0 Å². The van der Waals surface area contributed by atoms with Crippen LogP contribution in [-0.2, 0) is 0 Å². The fourth-order valence-electron chi connectivity index (χ4n) is 1.77. The van der Waals surface area contributed by atoms with Crippen molar-refractivity contribution >= 4 is 28.3 Å². The van der Waals surface area contributed by atoms with Crippen LogP contribution in [0.5, 0.6) is 5.75 Å². The van der Waals surface area contributed by atoms with Gasteiger partial charge in [-0.2, -0.15) is 0 Å². The van der Waals surface area contributed by atoms with Crippen LogP contribution in [0.1, 0.15) is 24.2 Å². The summed E-state index contributed by atoms with van der Waals surface area (Å²) in [6, 6.07) is 5.64. The number of aromatic nitrogens is 1. The van der Waals surface area contributed by atoms with E-state index in [1.807, 2.05) is 25.1 Å². The number of hydrogen-bond acceptors (Lipinski definition) is 2. The molecule has 0 fully saturated rings. The number of Topliss-reactive ketones (excluding diaryl/α,β-unsaturated/α-hetero) is 1. The lowest BCUT2D eigenvalue weighted by Crippen LogP contribution is -2.09. The van der Waals surface area contributed by atoms with Gasteiger partial charge in [0.25, 0.3) is 0 Å². The summed E-state index contributed by atoms with van der Waals surface area (Å²) in [6.45, 7) is 4.20. The van der Waals surface area contributed by atoms with Crippen molar-refractivity contribution in [3.8, 4) is 5.75 Å². The van der Waals surface area contributed by atoms with Crippen LogP contribution in [0.3, 0.4) is 0 Å². The average Bonchev–Trinajstić information content (AvgIpc) is 2.71. The molecule has 3 nitrogen and oxygen atoms in total. The third kappa shape index (κ3) is 2.29. The highest BCUT2D eigenvalue weighted by Crippen LogP contribution is 2.25. The summed E-state index contributed by atoms with van der Waals surface area (Å²) in [4.78, 5) is 15.0. The van der Waals surface area contributed by atoms with Gasteiger partial charge >= 0.3 is 0 Å². The van der Waals surface area contributed by atoms with Crippen LogP contribution in [-0.4, -0.2) is 22.8 Å². The van der Waals surface area contributed by atoms with Crippen molar-refractivity contribution in [1.82, 2.24) is 4.98 Å². The molecule has 0 aliphatic heterocycles. The number of rotatable bonds is 4. The van der Waals surface area contributed by atoms with Gasteiger partial charge in [0.05, 0.1) is 12.0 Å². The van der Waals surface area contributed by atoms with Gasteiger partial charge in [-0.3, -0.25) is 4.79 Å². The van der Waals surface area contributed by atoms with Crippen LogP contribution in [0.25, 0.3) is 10.9 Å². The molecule has 90 valence electrons. The van der Waals surface area contributed by atoms with E-state index in [2.05, 4.69) is 4.98 Å². The first-order chi connectivity index (χ1) is 8.13. The maximum Gasteiger partial charge on any atom is 0.182 e. The molecule has 0 saturated carbocycles. The lowest BCUT2D eigenvalue weighted by molar-refractivity contribution is 0.0993. The molecule has 4 heteroatoms. The topological polar surface area (TPSA) is 42.1 Å². The molecule has 1 aromatic heterocycles. The Kier molecular flexibility index (Phi) is 3.38. The van der Waals surface area contributed by atoms with E-state index in [0.29, 0.717) is 12.2 Å². The van der Waals surface area contributed by atoms with Crippen LogP contribution in [0.15, 0.2) is 24.4 Å². The van der Waals surface area contributed by atoms with Gasteiger partial charge in [0, 0.05) is 22.7 Å². The van der Waals surface area contributed by atoms with Gasteiger partial charge in [-0.1, -0.05) is 0 Å². The molecule has 1 unspecified atom stereocenters. The lowest BCUT2D eigenvalue weighted by atomic mass is 10.1. The average molecular weight is 252 g/mol. The molecule has 0 amide bonds. The predicted molar refractivity (Wildman–Crippen MR) is 69.1 cm³/mol. The maximum absolute atomic E-state index is 11.9. The summed E-state index contributed by atoms with van der Waals surface area (Å²) >= 11 is 5.83. The smallest absolute Gasteiger partial charge is 0.182 e. The summed E-state index contributed by atoms with van der Waals surface area (Å²) in [6.07, 6.45) is 1.70. The van der Waals surface area contributed by atoms with Crippen LogP contribution < -0.4 is 4.74 Å². The third-order valence-electron chi connectivity index (χ3n) is 2.59. The molecule has 0 saturated heterocycles. The highest BCUT2D eigenvalue weighted by atomic mass is 35.5. The Balaban J connectivity index is 2.50. The van der Waals surface area contributed by atoms with Crippen LogP contribution in [0.4, 0.5) is 0 Å². The van der Waals surface area contributed by atoms with E-state index >= 15 is 0 Å². The van der Waals surface area contributed by atoms with Gasteiger partial charge in [0.1, 0.15) is 5.75 Å². The van der Waals surface area contributed by atoms with E-state index in [1.54, 1.807) is 13.1 Å². The number of hydrogen-bond donors (Lipinski definition) is 1. The summed E-state index contributed by atoms with van der Waals surface area (Å²) in [5.41, 5.74) is 1.53. The number of ketones is 1. The van der Waals surface area contributed by atoms with Crippen molar-refractivity contribution in [2.75, 3.05) is 6.61 Å². The highest BCUT2D eigenvalue weighted by molar-refractivity contribution is 6.35. The van der Waals surface area contributed by atoms with Gasteiger partial charge in [-0.15, -0.1) is 11.6 Å². The van der Waals surface area contributed by atoms with Crippen LogP contribution in [0.2, 0.25) is 0 Å². The van der Waals surface area contributed by atoms with E-state index in [-0.39, 0.29) is 5.78 Å². The Morgan fingerprint density at radius 1 is 1.53 bits per heavy atom. The van der Waals surface area contributed by atoms with Crippen molar-refractivity contribution in [2.24, 2.45) is 0 Å². The molecule has 0 radical (unpaired) electrons. The Bertz CT molecular complexity index is 545. The SMILES string of the molecule is CCOc1ccc2[nH]cc(C(=O)C(C)Cl)c2c1. The van der Waals surface area contributed by atoms with Crippen molar-refractivity contribution in [3.63, 3.8) is 0 Å². The van der Waals surface area contributed by atoms with E-state index < -0.39 is 5.38 Å². The Morgan fingerprint density at radius 3 is 2.94 bits per heavy atom. The van der Waals surface area contributed by atoms with Crippen molar-refractivity contribution in [2.45, 2.75) is 19.2 Å². The summed E-state index contributed by atoms with van der Waals surface area (Å²) in [7, 11) is 0. The first-order valence-electron chi connectivity index (χ1n) is 5.55. The van der Waals surface area contributed by atoms with E-state index in [4.69, 9.17) is 16.3 Å². The van der Waals surface area contributed by atoms with Gasteiger partial charge < -0.3 is 9.72 Å². The van der Waals surface area contributed by atoms with Crippen molar-refractivity contribution < 1.29 is 9.53 Å². The summed E-state index contributed by atoms with van der Waals surface area (Å²) < 4.78 is 5.42. The second kappa shape index (κ2) is 4.80. The van der Waals surface area contributed by atoms with E-state index in [9.17, 15) is 4.79 Å². The zero-order chi connectivity index (χ0) is 12.4. The molecular weight excluding hydrogens is 238 g/mol. The number of nitrogens with one attached hydrogen (secondary N) is 1. The number of aromatic amines is 1. The van der Waals surface area contributed by atoms with Crippen LogP contribution in [0, 0.1) is 0 Å². The Labute approximate surface area is 105 Å². The zero-order valence-corrected chi connectivity index (χ0v) is 10.5. The minimum atomic E-state index is -0.523. The first-order valence-corrected chi connectivity index (χ1v) is 5.99. The predicted octanol–water partition coefficient (Wildman–Crippen LogP) is 3.38. The van der Waals surface area contributed by atoms with E-state index in [1.165, 1.54) is 0 Å². The van der Waals surface area contributed by atoms with Gasteiger partial charge in [-0.25, -0.2) is 0 Å². The number of alkyl halides is 1. The molecule has 0 aliphatic rings. The molecule has 17 heavy (non-hydrogen) atoms. The van der Waals surface area contributed by atoms with Gasteiger partial charge in [-0.05, 0) is 32.0 Å². The Morgan fingerprint density at radius 2 is 2.29 bits per heavy atom. The molecular formula is C13H14ClNO2. The van der Waals surface area contributed by atoms with Gasteiger partial charge in [0.2, 0.25) is 0 Å². The molecule has 1 N–H and O–H groups in total. The Hall–Kier alpha value is -1.48. The summed E-state index contributed by atoms with van der Waals surface area (Å²) in [5.74, 6) is 0.683. The quantitative estimate of drug-likeness (QED) is 0.669. The fraction of sp³-hybridized carbons (Fsp3) is 0.308. The zero-order valence-electron chi connectivity index (χ0n) is 9.79. The number of halogens is 1. The first kappa shape index (κ1) is 12.0. The molecule has 0 bridgehead atoms. The third-order valence-corrected chi connectivity index (χ3v) is 2.79. The second-order valence-corrected chi connectivity index (χ2v) is 4.48. The number of fused-ring (bicyclic) bond motifs is 1. The molecule has 2 aromatic rings. The molecule has 2 rings (SSSR count). The number of H-pyrrole nitrogens is 1. The van der Waals surface area contributed by atoms with Crippen molar-refractivity contribution in [1.29, 1.82) is 0 Å². The molecule has 0 aliphatic carbocycles. The molecule has 0 spiro atoms. The lowest BCUT2D eigenvalue weighted by Gasteiger charge is -2.04. The second-order valence-electron chi connectivity index (χ2n) is 3.82. The number of benzene rings is 1. The number of carbonyl (C=O) groups excluding carboxylic acids is 1. The largest absolute Gasteiger partial charge is 0.494 e. The standard InChI is InChI=1S/C13H14ClNO2/c1-3-17-9-4-5-12-10(6-9)11(7-15-12)13(16)8(2)14/h4-8,15H,3H2,1-2H3. The number of carbonyl (C=O) groups is 1. The monoisotopic (exact) mass is 251 g/mol. The van der Waals surface area contributed by atoms with Crippen LogP contribution >= 0.6 is 11.6 Å². The minimum absolute atomic E-state index is 0.0773. The van der Waals surface area contributed by atoms with E-state index in [0.717, 1.165) is 16.7 Å². The minimum Gasteiger partial charge on any atom is -0.494 e. The fourth-order valence-corrected chi connectivity index (χ4v) is 1.89. The molecule has 1 heterocycles. The number of ether oxygens (including phenoxy) is 1. The molecule has 1 aromatic carbocycles. The normalized spacial score (nSPS) is 12.6. The summed E-state index contributed by atoms with van der Waals surface area (Å²) in [5, 5.41) is 0.332. The maximum atomic E-state index is 11.9. The molecule has 1 atom stereocenters.